The minimum Gasteiger partial charge on any atom is -0.371 e. The molecule has 2 aliphatic rings. The lowest BCUT2D eigenvalue weighted by molar-refractivity contribution is -0.0146. The number of alkyl halides is 1. The Kier molecular flexibility index (Phi) is 1.85. The largest absolute Gasteiger partial charge is 0.371 e. The van der Waals surface area contributed by atoms with Crippen molar-refractivity contribution in [3.8, 4) is 0 Å². The van der Waals surface area contributed by atoms with Gasteiger partial charge in [-0.2, -0.15) is 0 Å². The number of nitrogens with one attached hydrogen (secondary N) is 1. The average Bonchev–Trinajstić information content (AvgIpc) is 2.34. The Morgan fingerprint density at radius 1 is 1.55 bits per heavy atom. The van der Waals surface area contributed by atoms with Crippen LogP contribution in [-0.2, 0) is 4.74 Å². The second-order valence-electron chi connectivity index (χ2n) is 3.58. The Hall–Kier alpha value is -0.150. The molecule has 11 heavy (non-hydrogen) atoms. The highest BCUT2D eigenvalue weighted by atomic mass is 19.1. The van der Waals surface area contributed by atoms with Crippen molar-refractivity contribution in [2.75, 3.05) is 19.7 Å². The Balaban J connectivity index is 1.98. The SMILES string of the molecule is FC1COC2(CCCNC2)C1. The van der Waals surface area contributed by atoms with E-state index >= 15 is 0 Å². The highest BCUT2D eigenvalue weighted by molar-refractivity contribution is 4.93. The standard InChI is InChI=1S/C8H14FNO/c9-7-4-8(11-5-7)2-1-3-10-6-8/h7,10H,1-6H2. The van der Waals surface area contributed by atoms with Gasteiger partial charge in [0.25, 0.3) is 0 Å². The quantitative estimate of drug-likeness (QED) is 0.566. The number of hydrogen-bond acceptors (Lipinski definition) is 2. The maximum atomic E-state index is 12.8. The summed E-state index contributed by atoms with van der Waals surface area (Å²) in [6.07, 6.45) is 2.02. The summed E-state index contributed by atoms with van der Waals surface area (Å²) in [6, 6.07) is 0. The summed E-state index contributed by atoms with van der Waals surface area (Å²) in [7, 11) is 0. The van der Waals surface area contributed by atoms with Gasteiger partial charge in [-0.25, -0.2) is 4.39 Å². The maximum Gasteiger partial charge on any atom is 0.126 e. The molecule has 0 radical (unpaired) electrons. The molecule has 0 amide bonds. The van der Waals surface area contributed by atoms with Gasteiger partial charge in [0, 0.05) is 13.0 Å². The van der Waals surface area contributed by atoms with Crippen LogP contribution in [0.5, 0.6) is 0 Å². The van der Waals surface area contributed by atoms with Gasteiger partial charge in [-0.1, -0.05) is 0 Å². The molecule has 2 saturated heterocycles. The Morgan fingerprint density at radius 3 is 3.00 bits per heavy atom. The van der Waals surface area contributed by atoms with E-state index in [-0.39, 0.29) is 5.60 Å². The van der Waals surface area contributed by atoms with Gasteiger partial charge in [0.15, 0.2) is 0 Å². The van der Waals surface area contributed by atoms with E-state index in [0.717, 1.165) is 25.9 Å². The van der Waals surface area contributed by atoms with Gasteiger partial charge >= 0.3 is 0 Å². The number of rotatable bonds is 0. The molecule has 0 bridgehead atoms. The van der Waals surface area contributed by atoms with Crippen LogP contribution in [0.4, 0.5) is 4.39 Å². The molecule has 2 rings (SSSR count). The molecule has 0 aromatic carbocycles. The van der Waals surface area contributed by atoms with Crippen LogP contribution in [0.25, 0.3) is 0 Å². The first-order valence-electron chi connectivity index (χ1n) is 4.30. The summed E-state index contributed by atoms with van der Waals surface area (Å²) in [5.74, 6) is 0. The molecule has 2 fully saturated rings. The van der Waals surface area contributed by atoms with Gasteiger partial charge in [-0.15, -0.1) is 0 Å². The van der Waals surface area contributed by atoms with Crippen LogP contribution >= 0.6 is 0 Å². The van der Waals surface area contributed by atoms with Crippen LogP contribution in [0.3, 0.4) is 0 Å². The van der Waals surface area contributed by atoms with Crippen molar-refractivity contribution >= 4 is 0 Å². The average molecular weight is 159 g/mol. The van der Waals surface area contributed by atoms with Crippen LogP contribution < -0.4 is 5.32 Å². The van der Waals surface area contributed by atoms with Crippen LogP contribution in [-0.4, -0.2) is 31.5 Å². The highest BCUT2D eigenvalue weighted by Gasteiger charge is 2.41. The Bertz CT molecular complexity index is 140. The molecule has 0 aliphatic carbocycles. The molecule has 1 N–H and O–H groups in total. The molecule has 2 nitrogen and oxygen atoms in total. The van der Waals surface area contributed by atoms with Crippen LogP contribution in [0.1, 0.15) is 19.3 Å². The monoisotopic (exact) mass is 159 g/mol. The van der Waals surface area contributed by atoms with Crippen molar-refractivity contribution in [1.29, 1.82) is 0 Å². The summed E-state index contributed by atoms with van der Waals surface area (Å²) < 4.78 is 18.3. The van der Waals surface area contributed by atoms with Crippen molar-refractivity contribution in [3.05, 3.63) is 0 Å². The predicted molar refractivity (Wildman–Crippen MR) is 40.3 cm³/mol. The fourth-order valence-electron chi connectivity index (χ4n) is 2.03. The smallest absolute Gasteiger partial charge is 0.126 e. The first-order chi connectivity index (χ1) is 5.31. The third kappa shape index (κ3) is 1.40. The number of hydrogen-bond donors (Lipinski definition) is 1. The lowest BCUT2D eigenvalue weighted by Crippen LogP contribution is -2.45. The molecule has 64 valence electrons. The van der Waals surface area contributed by atoms with Gasteiger partial charge in [0.2, 0.25) is 0 Å². The van der Waals surface area contributed by atoms with Gasteiger partial charge in [-0.05, 0) is 19.4 Å². The van der Waals surface area contributed by atoms with E-state index in [1.165, 1.54) is 0 Å². The van der Waals surface area contributed by atoms with Crippen LogP contribution in [0.15, 0.2) is 0 Å². The third-order valence-corrected chi connectivity index (χ3v) is 2.60. The van der Waals surface area contributed by atoms with E-state index in [1.807, 2.05) is 0 Å². The van der Waals surface area contributed by atoms with E-state index in [4.69, 9.17) is 4.74 Å². The molecule has 0 saturated carbocycles. The van der Waals surface area contributed by atoms with Crippen molar-refractivity contribution < 1.29 is 9.13 Å². The van der Waals surface area contributed by atoms with Gasteiger partial charge < -0.3 is 10.1 Å². The highest BCUT2D eigenvalue weighted by Crippen LogP contribution is 2.32. The van der Waals surface area contributed by atoms with E-state index in [9.17, 15) is 4.39 Å². The van der Waals surface area contributed by atoms with Gasteiger partial charge in [0.1, 0.15) is 6.17 Å². The van der Waals surface area contributed by atoms with E-state index in [1.54, 1.807) is 0 Å². The molecule has 3 heteroatoms. The zero-order valence-electron chi connectivity index (χ0n) is 6.61. The fourth-order valence-corrected chi connectivity index (χ4v) is 2.03. The summed E-state index contributed by atoms with van der Waals surface area (Å²) in [6.45, 7) is 2.21. The van der Waals surface area contributed by atoms with E-state index in [2.05, 4.69) is 5.32 Å². The summed E-state index contributed by atoms with van der Waals surface area (Å²) in [5.41, 5.74) is -0.141. The molecule has 2 unspecified atom stereocenters. The minimum absolute atomic E-state index is 0.141. The second kappa shape index (κ2) is 2.72. The van der Waals surface area contributed by atoms with E-state index < -0.39 is 6.17 Å². The normalized spacial score (nSPS) is 45.0. The molecule has 0 aromatic heterocycles. The van der Waals surface area contributed by atoms with Crippen molar-refractivity contribution in [1.82, 2.24) is 5.32 Å². The molecule has 1 spiro atoms. The van der Waals surface area contributed by atoms with Crippen molar-refractivity contribution in [2.24, 2.45) is 0 Å². The molecule has 2 heterocycles. The third-order valence-electron chi connectivity index (χ3n) is 2.60. The van der Waals surface area contributed by atoms with Gasteiger partial charge in [-0.3, -0.25) is 0 Å². The fraction of sp³-hybridized carbons (Fsp3) is 1.00. The predicted octanol–water partition coefficient (Wildman–Crippen LogP) is 0.867. The number of ether oxygens (including phenoxy) is 1. The molecular formula is C8H14FNO. The van der Waals surface area contributed by atoms with E-state index in [0.29, 0.717) is 13.0 Å². The van der Waals surface area contributed by atoms with Crippen LogP contribution in [0.2, 0.25) is 0 Å². The first-order valence-corrected chi connectivity index (χ1v) is 4.30. The summed E-state index contributed by atoms with van der Waals surface area (Å²) >= 11 is 0. The Morgan fingerprint density at radius 2 is 2.45 bits per heavy atom. The van der Waals surface area contributed by atoms with Crippen LogP contribution in [0, 0.1) is 0 Å². The lowest BCUT2D eigenvalue weighted by atomic mass is 9.91. The molecule has 2 atom stereocenters. The lowest BCUT2D eigenvalue weighted by Gasteiger charge is -2.32. The topological polar surface area (TPSA) is 21.3 Å². The number of halogens is 1. The summed E-state index contributed by atoms with van der Waals surface area (Å²) in [4.78, 5) is 0. The maximum absolute atomic E-state index is 12.8. The summed E-state index contributed by atoms with van der Waals surface area (Å²) in [5, 5.41) is 3.25. The van der Waals surface area contributed by atoms with Crippen molar-refractivity contribution in [3.63, 3.8) is 0 Å². The first kappa shape index (κ1) is 7.50. The molecule has 0 aromatic rings. The zero-order chi connectivity index (χ0) is 7.73. The minimum atomic E-state index is -0.727. The molecule has 2 aliphatic heterocycles. The molecular weight excluding hydrogens is 145 g/mol. The Labute approximate surface area is 66.1 Å². The number of piperidine rings is 1. The second-order valence-corrected chi connectivity index (χ2v) is 3.58. The van der Waals surface area contributed by atoms with Crippen molar-refractivity contribution in [2.45, 2.75) is 31.0 Å². The zero-order valence-corrected chi connectivity index (χ0v) is 6.61. The van der Waals surface area contributed by atoms with Gasteiger partial charge in [0.05, 0.1) is 12.2 Å².